The summed E-state index contributed by atoms with van der Waals surface area (Å²) in [5.41, 5.74) is -1.10. The summed E-state index contributed by atoms with van der Waals surface area (Å²) in [5, 5.41) is 24.2. The fraction of sp³-hybridized carbons (Fsp3) is 0.839. The quantitative estimate of drug-likeness (QED) is 0.294. The molecular weight excluding hydrogens is 532 g/mol. The highest BCUT2D eigenvalue weighted by Gasteiger charge is 2.70. The molecule has 4 aliphatic carbocycles. The van der Waals surface area contributed by atoms with Gasteiger partial charge in [0.05, 0.1) is 23.9 Å². The molecule has 0 aromatic carbocycles. The van der Waals surface area contributed by atoms with Crippen LogP contribution < -0.4 is 0 Å². The Labute approximate surface area is 240 Å². The zero-order valence-electron chi connectivity index (χ0n) is 24.1. The number of fused-ring (bicyclic) bond motifs is 7. The van der Waals surface area contributed by atoms with E-state index in [4.69, 9.17) is 23.7 Å². The Morgan fingerprint density at radius 3 is 2.59 bits per heavy atom. The van der Waals surface area contributed by atoms with Crippen molar-refractivity contribution >= 4 is 18.2 Å². The van der Waals surface area contributed by atoms with Crippen molar-refractivity contribution in [2.45, 2.75) is 121 Å². The zero-order chi connectivity index (χ0) is 28.9. The molecule has 2 N–H and O–H groups in total. The molecule has 0 spiro atoms. The molecule has 0 radical (unpaired) electrons. The molecule has 10 nitrogen and oxygen atoms in total. The number of cyclic esters (lactones) is 1. The normalized spacial score (nSPS) is 53.9. The van der Waals surface area contributed by atoms with Gasteiger partial charge in [-0.25, -0.2) is 4.79 Å². The number of hydrogen-bond donors (Lipinski definition) is 2. The van der Waals surface area contributed by atoms with Crippen LogP contribution in [-0.4, -0.2) is 77.1 Å². The fourth-order valence-electron chi connectivity index (χ4n) is 10.5. The molecule has 6 fully saturated rings. The maximum absolute atomic E-state index is 13.2. The molecule has 3 aliphatic heterocycles. The second kappa shape index (κ2) is 9.32. The van der Waals surface area contributed by atoms with E-state index >= 15 is 0 Å². The lowest BCUT2D eigenvalue weighted by molar-refractivity contribution is -0.457. The molecule has 10 heteroatoms. The van der Waals surface area contributed by atoms with Crippen LogP contribution >= 0.6 is 0 Å². The third-order valence-corrected chi connectivity index (χ3v) is 12.4. The first-order valence-corrected chi connectivity index (χ1v) is 15.4. The molecule has 7 aliphatic rings. The van der Waals surface area contributed by atoms with Gasteiger partial charge in [0.2, 0.25) is 6.29 Å². The van der Waals surface area contributed by atoms with Crippen LogP contribution in [0.5, 0.6) is 0 Å². The number of ether oxygens (including phenoxy) is 5. The number of aliphatic hydroxyl groups is 2. The number of carbonyl (C=O) groups is 3. The van der Waals surface area contributed by atoms with E-state index in [0.29, 0.717) is 25.9 Å². The highest BCUT2D eigenvalue weighted by molar-refractivity contribution is 5.85. The van der Waals surface area contributed by atoms with Crippen molar-refractivity contribution in [1.82, 2.24) is 0 Å². The van der Waals surface area contributed by atoms with Gasteiger partial charge >= 0.3 is 11.9 Å². The summed E-state index contributed by atoms with van der Waals surface area (Å²) in [6.45, 7) is 5.59. The Balaban J connectivity index is 1.17. The summed E-state index contributed by atoms with van der Waals surface area (Å²) in [4.78, 5) is 37.0. The van der Waals surface area contributed by atoms with E-state index in [2.05, 4.69) is 6.92 Å². The fourth-order valence-corrected chi connectivity index (χ4v) is 10.5. The van der Waals surface area contributed by atoms with Crippen molar-refractivity contribution < 1.29 is 48.3 Å². The molecule has 0 aromatic rings. The van der Waals surface area contributed by atoms with E-state index in [0.717, 1.165) is 44.0 Å². The topological polar surface area (TPSA) is 138 Å². The lowest BCUT2D eigenvalue weighted by atomic mass is 9.42. The van der Waals surface area contributed by atoms with Gasteiger partial charge in [0.15, 0.2) is 6.10 Å². The van der Waals surface area contributed by atoms with Gasteiger partial charge in [-0.15, -0.1) is 0 Å². The van der Waals surface area contributed by atoms with Crippen LogP contribution in [0.4, 0.5) is 0 Å². The monoisotopic (exact) mass is 574 g/mol. The molecule has 4 saturated carbocycles. The van der Waals surface area contributed by atoms with E-state index in [1.165, 1.54) is 6.92 Å². The van der Waals surface area contributed by atoms with Crippen molar-refractivity contribution in [1.29, 1.82) is 0 Å². The predicted molar refractivity (Wildman–Crippen MR) is 141 cm³/mol. The SMILES string of the molecule is CC(=O)O[C@H]1C[C@@H](C)O[C@H]2O[C@@H]3CC4CC[C@@H]5C(CC[C@]6(C)[C@@H](C7=CC(=O)OC7)CC[C@]56O)[C@@]4(C=O)C[C@H]3O[C@]21O. The van der Waals surface area contributed by atoms with Crippen LogP contribution in [-0.2, 0) is 38.1 Å². The summed E-state index contributed by atoms with van der Waals surface area (Å²) in [6.07, 6.45) is 5.24. The standard InChI is InChI=1S/C31H42O10/c1-16-10-25(39-17(2)33)31(36)27(38-16)40-23-12-19-4-5-22-21(29(19,15-32)13-24(23)41-31)6-8-28(3)20(7-9-30(22,28)35)18-11-26(34)37-14-18/h11,15-16,19-25,27,35-36H,4-10,12-14H2,1-3H3/t16-,19?,20-,21?,22-,23-,24-,25+,27+,28-,29-,30+,31+/m1/s1. The van der Waals surface area contributed by atoms with Crippen LogP contribution in [0.2, 0.25) is 0 Å². The largest absolute Gasteiger partial charge is 0.458 e. The molecule has 0 amide bonds. The van der Waals surface area contributed by atoms with Crippen LogP contribution in [0.25, 0.3) is 0 Å². The van der Waals surface area contributed by atoms with Gasteiger partial charge in [-0.1, -0.05) is 6.92 Å². The lowest BCUT2D eigenvalue weighted by Gasteiger charge is -2.64. The molecule has 0 aromatic heterocycles. The Hall–Kier alpha value is -1.85. The number of aldehydes is 1. The Morgan fingerprint density at radius 1 is 1.07 bits per heavy atom. The first-order chi connectivity index (χ1) is 19.4. The van der Waals surface area contributed by atoms with E-state index in [1.54, 1.807) is 6.08 Å². The molecular formula is C31H42O10. The molecule has 13 atom stereocenters. The van der Waals surface area contributed by atoms with Crippen molar-refractivity contribution in [2.75, 3.05) is 6.61 Å². The molecule has 226 valence electrons. The van der Waals surface area contributed by atoms with E-state index < -0.39 is 46.7 Å². The Bertz CT molecular complexity index is 1170. The number of carbonyl (C=O) groups excluding carboxylic acids is 3. The van der Waals surface area contributed by atoms with Gasteiger partial charge in [-0.2, -0.15) is 0 Å². The molecule has 0 bridgehead atoms. The lowest BCUT2D eigenvalue weighted by Crippen LogP contribution is -2.71. The Morgan fingerprint density at radius 2 is 1.88 bits per heavy atom. The van der Waals surface area contributed by atoms with Crippen molar-refractivity contribution in [3.8, 4) is 0 Å². The second-order valence-electron chi connectivity index (χ2n) is 14.2. The average molecular weight is 575 g/mol. The third-order valence-electron chi connectivity index (χ3n) is 12.4. The molecule has 2 saturated heterocycles. The first-order valence-electron chi connectivity index (χ1n) is 15.4. The summed E-state index contributed by atoms with van der Waals surface area (Å²) in [6, 6.07) is 0. The van der Waals surface area contributed by atoms with E-state index in [1.807, 2.05) is 6.92 Å². The summed E-state index contributed by atoms with van der Waals surface area (Å²) in [5.74, 6) is -2.75. The smallest absolute Gasteiger partial charge is 0.331 e. The summed E-state index contributed by atoms with van der Waals surface area (Å²) < 4.78 is 29.4. The minimum Gasteiger partial charge on any atom is -0.458 e. The number of rotatable bonds is 3. The Kier molecular flexibility index (Phi) is 6.36. The first kappa shape index (κ1) is 28.0. The highest BCUT2D eigenvalue weighted by atomic mass is 16.8. The van der Waals surface area contributed by atoms with Crippen LogP contribution in [0, 0.1) is 34.5 Å². The number of esters is 2. The molecule has 3 heterocycles. The predicted octanol–water partition coefficient (Wildman–Crippen LogP) is 2.57. The second-order valence-corrected chi connectivity index (χ2v) is 14.2. The van der Waals surface area contributed by atoms with Gasteiger partial charge in [-0.3, -0.25) is 4.79 Å². The van der Waals surface area contributed by atoms with Crippen LogP contribution in [0.3, 0.4) is 0 Å². The molecule has 41 heavy (non-hydrogen) atoms. The van der Waals surface area contributed by atoms with Crippen LogP contribution in [0.15, 0.2) is 11.6 Å². The van der Waals surface area contributed by atoms with Crippen molar-refractivity contribution in [3.05, 3.63) is 11.6 Å². The van der Waals surface area contributed by atoms with Gasteiger partial charge in [0.1, 0.15) is 12.9 Å². The average Bonchev–Trinajstić information content (AvgIpc) is 3.46. The van der Waals surface area contributed by atoms with Crippen molar-refractivity contribution in [2.24, 2.45) is 34.5 Å². The van der Waals surface area contributed by atoms with E-state index in [-0.39, 0.29) is 48.3 Å². The third kappa shape index (κ3) is 3.83. The maximum Gasteiger partial charge on any atom is 0.331 e. The number of hydrogen-bond acceptors (Lipinski definition) is 10. The zero-order valence-corrected chi connectivity index (χ0v) is 24.1. The minimum atomic E-state index is -1.97. The van der Waals surface area contributed by atoms with E-state index in [9.17, 15) is 24.6 Å². The van der Waals surface area contributed by atoms with Gasteiger partial charge in [0.25, 0.3) is 5.79 Å². The minimum absolute atomic E-state index is 0.0326. The van der Waals surface area contributed by atoms with Gasteiger partial charge in [-0.05, 0) is 87.5 Å². The highest BCUT2D eigenvalue weighted by Crippen LogP contribution is 2.70. The van der Waals surface area contributed by atoms with Crippen LogP contribution in [0.1, 0.15) is 78.6 Å². The molecule has 2 unspecified atom stereocenters. The summed E-state index contributed by atoms with van der Waals surface area (Å²) >= 11 is 0. The maximum atomic E-state index is 13.2. The van der Waals surface area contributed by atoms with Crippen molar-refractivity contribution in [3.63, 3.8) is 0 Å². The van der Waals surface area contributed by atoms with Gasteiger partial charge < -0.3 is 38.7 Å². The summed E-state index contributed by atoms with van der Waals surface area (Å²) in [7, 11) is 0. The van der Waals surface area contributed by atoms with Gasteiger partial charge in [0, 0.05) is 30.3 Å². The molecule has 7 rings (SSSR count).